The summed E-state index contributed by atoms with van der Waals surface area (Å²) < 4.78 is 5.14. The molecule has 2 fully saturated rings. The van der Waals surface area contributed by atoms with Crippen LogP contribution in [0.3, 0.4) is 0 Å². The number of fused-ring (bicyclic) bond motifs is 1. The number of aromatic carboxylic acids is 1. The fourth-order valence-electron chi connectivity index (χ4n) is 4.50. The first kappa shape index (κ1) is 18.2. The Morgan fingerprint density at radius 1 is 1.36 bits per heavy atom. The number of aliphatic hydroxyl groups excluding tert-OH is 1. The van der Waals surface area contributed by atoms with Crippen molar-refractivity contribution in [3.63, 3.8) is 0 Å². The van der Waals surface area contributed by atoms with Crippen LogP contribution < -0.4 is 4.74 Å². The summed E-state index contributed by atoms with van der Waals surface area (Å²) in [5.41, 5.74) is 1.21. The van der Waals surface area contributed by atoms with Crippen molar-refractivity contribution in [2.75, 3.05) is 40.4 Å². The highest BCUT2D eigenvalue weighted by atomic mass is 16.5. The smallest absolute Gasteiger partial charge is 0.339 e. The van der Waals surface area contributed by atoms with Gasteiger partial charge in [-0.15, -0.1) is 0 Å². The number of likely N-dealkylation sites (tertiary alicyclic amines) is 2. The van der Waals surface area contributed by atoms with Crippen LogP contribution >= 0.6 is 0 Å². The van der Waals surface area contributed by atoms with Crippen LogP contribution in [-0.4, -0.2) is 72.4 Å². The standard InChI is InChI=1S/C19H28N2O4/c1-20-8-3-6-19(13-22)7-9-21(12-17(19)20)11-14-4-5-16(25-2)15(10-14)18(23)24/h4-5,10,17,22H,3,6-9,11-13H2,1-2H3,(H,23,24)/t17-,19-/m1/s1. The van der Waals surface area contributed by atoms with Crippen molar-refractivity contribution in [1.29, 1.82) is 0 Å². The van der Waals surface area contributed by atoms with Crippen molar-refractivity contribution in [2.45, 2.75) is 31.8 Å². The van der Waals surface area contributed by atoms with Gasteiger partial charge < -0.3 is 19.8 Å². The first-order valence-electron chi connectivity index (χ1n) is 8.93. The second-order valence-corrected chi connectivity index (χ2v) is 7.45. The zero-order valence-electron chi connectivity index (χ0n) is 15.1. The van der Waals surface area contributed by atoms with Crippen LogP contribution in [0.1, 0.15) is 35.2 Å². The van der Waals surface area contributed by atoms with Crippen LogP contribution in [0.25, 0.3) is 0 Å². The lowest BCUT2D eigenvalue weighted by Gasteiger charge is -2.53. The fourth-order valence-corrected chi connectivity index (χ4v) is 4.50. The fraction of sp³-hybridized carbons (Fsp3) is 0.632. The molecule has 1 aromatic rings. The number of nitrogens with zero attached hydrogens (tertiary/aromatic N) is 2. The van der Waals surface area contributed by atoms with Gasteiger partial charge in [-0.05, 0) is 57.1 Å². The Balaban J connectivity index is 1.74. The molecule has 25 heavy (non-hydrogen) atoms. The highest BCUT2D eigenvalue weighted by molar-refractivity contribution is 5.91. The van der Waals surface area contributed by atoms with E-state index in [4.69, 9.17) is 4.74 Å². The number of methoxy groups -OCH3 is 1. The maximum absolute atomic E-state index is 11.4. The molecule has 2 atom stereocenters. The van der Waals surface area contributed by atoms with E-state index in [-0.39, 0.29) is 17.6 Å². The van der Waals surface area contributed by atoms with Gasteiger partial charge in [0.1, 0.15) is 11.3 Å². The first-order chi connectivity index (χ1) is 12.0. The molecule has 0 aliphatic carbocycles. The molecular weight excluding hydrogens is 320 g/mol. The van der Waals surface area contributed by atoms with Gasteiger partial charge in [-0.25, -0.2) is 4.79 Å². The number of carboxylic acid groups (broad SMARTS) is 1. The van der Waals surface area contributed by atoms with Crippen LogP contribution in [0.4, 0.5) is 0 Å². The topological polar surface area (TPSA) is 73.2 Å². The summed E-state index contributed by atoms with van der Waals surface area (Å²) in [7, 11) is 3.63. The summed E-state index contributed by atoms with van der Waals surface area (Å²) in [5.74, 6) is -0.579. The summed E-state index contributed by atoms with van der Waals surface area (Å²) in [4.78, 5) is 16.2. The number of hydrogen-bond acceptors (Lipinski definition) is 5. The predicted molar refractivity (Wildman–Crippen MR) is 95.0 cm³/mol. The maximum Gasteiger partial charge on any atom is 0.339 e. The normalized spacial score (nSPS) is 27.7. The average Bonchev–Trinajstić information content (AvgIpc) is 2.62. The molecule has 0 spiro atoms. The highest BCUT2D eigenvalue weighted by Crippen LogP contribution is 2.41. The Morgan fingerprint density at radius 2 is 2.16 bits per heavy atom. The van der Waals surface area contributed by atoms with Gasteiger partial charge >= 0.3 is 5.97 Å². The third-order valence-corrected chi connectivity index (χ3v) is 6.00. The molecule has 3 rings (SSSR count). The minimum Gasteiger partial charge on any atom is -0.496 e. The molecule has 2 aliphatic heterocycles. The van der Waals surface area contributed by atoms with Crippen molar-refractivity contribution in [3.8, 4) is 5.75 Å². The minimum absolute atomic E-state index is 0.0234. The van der Waals surface area contributed by atoms with E-state index in [1.165, 1.54) is 7.11 Å². The largest absolute Gasteiger partial charge is 0.496 e. The summed E-state index contributed by atoms with van der Waals surface area (Å²) in [6.07, 6.45) is 3.23. The van der Waals surface area contributed by atoms with Gasteiger partial charge in [-0.3, -0.25) is 4.90 Å². The summed E-state index contributed by atoms with van der Waals surface area (Å²) in [6.45, 7) is 3.88. The van der Waals surface area contributed by atoms with E-state index in [0.717, 1.165) is 51.0 Å². The summed E-state index contributed by atoms with van der Waals surface area (Å²) in [6, 6.07) is 5.73. The van der Waals surface area contributed by atoms with Gasteiger partial charge in [0.15, 0.2) is 0 Å². The molecule has 0 unspecified atom stereocenters. The number of piperidine rings is 2. The van der Waals surface area contributed by atoms with Crippen LogP contribution in [0, 0.1) is 5.41 Å². The molecule has 1 aromatic carbocycles. The number of carbonyl (C=O) groups is 1. The number of rotatable bonds is 5. The Labute approximate surface area is 149 Å². The maximum atomic E-state index is 11.4. The van der Waals surface area contributed by atoms with Crippen LogP contribution in [0.15, 0.2) is 18.2 Å². The number of benzene rings is 1. The van der Waals surface area contributed by atoms with Gasteiger partial charge in [0.2, 0.25) is 0 Å². The van der Waals surface area contributed by atoms with E-state index < -0.39 is 5.97 Å². The summed E-state index contributed by atoms with van der Waals surface area (Å²) >= 11 is 0. The number of likely N-dealkylation sites (N-methyl/N-ethyl adjacent to an activating group) is 1. The third-order valence-electron chi connectivity index (χ3n) is 6.00. The lowest BCUT2D eigenvalue weighted by Crippen LogP contribution is -2.61. The lowest BCUT2D eigenvalue weighted by molar-refractivity contribution is -0.0684. The monoisotopic (exact) mass is 348 g/mol. The van der Waals surface area contributed by atoms with Gasteiger partial charge in [0.25, 0.3) is 0 Å². The van der Waals surface area contributed by atoms with Gasteiger partial charge in [0.05, 0.1) is 13.7 Å². The van der Waals surface area contributed by atoms with Crippen LogP contribution in [0.5, 0.6) is 5.75 Å². The molecule has 2 heterocycles. The van der Waals surface area contributed by atoms with Crippen LogP contribution in [-0.2, 0) is 6.54 Å². The second-order valence-electron chi connectivity index (χ2n) is 7.45. The van der Waals surface area contributed by atoms with Crippen molar-refractivity contribution >= 4 is 5.97 Å². The van der Waals surface area contributed by atoms with Gasteiger partial charge in [0, 0.05) is 24.5 Å². The molecule has 6 nitrogen and oxygen atoms in total. The molecule has 2 saturated heterocycles. The van der Waals surface area contributed by atoms with Crippen LogP contribution in [0.2, 0.25) is 0 Å². The average molecular weight is 348 g/mol. The quantitative estimate of drug-likeness (QED) is 0.843. The van der Waals surface area contributed by atoms with E-state index in [9.17, 15) is 15.0 Å². The molecule has 138 valence electrons. The zero-order valence-corrected chi connectivity index (χ0v) is 15.1. The molecule has 0 amide bonds. The molecule has 2 N–H and O–H groups in total. The van der Waals surface area contributed by atoms with Crippen molar-refractivity contribution in [2.24, 2.45) is 5.41 Å². The van der Waals surface area contributed by atoms with Crippen molar-refractivity contribution in [1.82, 2.24) is 9.80 Å². The van der Waals surface area contributed by atoms with Crippen molar-refractivity contribution < 1.29 is 19.7 Å². The number of aliphatic hydroxyl groups is 1. The number of carboxylic acids is 1. The molecule has 0 aromatic heterocycles. The molecule has 0 saturated carbocycles. The van der Waals surface area contributed by atoms with E-state index >= 15 is 0 Å². The van der Waals surface area contributed by atoms with E-state index in [1.54, 1.807) is 12.1 Å². The van der Waals surface area contributed by atoms with E-state index in [1.807, 2.05) is 6.07 Å². The van der Waals surface area contributed by atoms with Gasteiger partial charge in [-0.2, -0.15) is 0 Å². The highest BCUT2D eigenvalue weighted by Gasteiger charge is 2.46. The molecular formula is C19H28N2O4. The summed E-state index contributed by atoms with van der Waals surface area (Å²) in [5, 5.41) is 19.4. The SMILES string of the molecule is COc1ccc(CN2CC[C@@]3(CO)CCCN(C)[C@@H]3C2)cc1C(=O)O. The van der Waals surface area contributed by atoms with E-state index in [2.05, 4.69) is 16.8 Å². The Morgan fingerprint density at radius 3 is 2.84 bits per heavy atom. The third kappa shape index (κ3) is 3.52. The zero-order chi connectivity index (χ0) is 18.0. The Kier molecular flexibility index (Phi) is 5.32. The lowest BCUT2D eigenvalue weighted by atomic mass is 9.69. The van der Waals surface area contributed by atoms with Crippen molar-refractivity contribution in [3.05, 3.63) is 29.3 Å². The molecule has 0 radical (unpaired) electrons. The Hall–Kier alpha value is -1.63. The van der Waals surface area contributed by atoms with E-state index in [0.29, 0.717) is 11.8 Å². The minimum atomic E-state index is -0.969. The number of hydrogen-bond donors (Lipinski definition) is 2. The Bertz CT molecular complexity index is 636. The first-order valence-corrected chi connectivity index (χ1v) is 8.93. The number of ether oxygens (including phenoxy) is 1. The van der Waals surface area contributed by atoms with Gasteiger partial charge in [-0.1, -0.05) is 6.07 Å². The predicted octanol–water partition coefficient (Wildman–Crippen LogP) is 1.67. The molecule has 6 heteroatoms. The second kappa shape index (κ2) is 7.32. The molecule has 0 bridgehead atoms. The molecule has 2 aliphatic rings.